The van der Waals surface area contributed by atoms with Crippen molar-refractivity contribution in [1.82, 2.24) is 9.97 Å². The number of nitrogens with zero attached hydrogens (tertiary/aromatic N) is 2. The second-order valence-corrected chi connectivity index (χ2v) is 4.38. The summed E-state index contributed by atoms with van der Waals surface area (Å²) in [4.78, 5) is 8.61. The lowest BCUT2D eigenvalue weighted by atomic mass is 10.1. The van der Waals surface area contributed by atoms with E-state index in [1.165, 1.54) is 0 Å². The number of nitrogens with one attached hydrogen (secondary N) is 2. The maximum atomic E-state index is 5.09. The van der Waals surface area contributed by atoms with Crippen LogP contribution in [0.1, 0.15) is 32.3 Å². The zero-order valence-electron chi connectivity index (χ0n) is 11.8. The molecule has 0 fully saturated rings. The lowest BCUT2D eigenvalue weighted by Crippen LogP contribution is -2.20. The molecule has 102 valence electrons. The monoisotopic (exact) mass is 252 g/mol. The molecule has 0 saturated heterocycles. The summed E-state index contributed by atoms with van der Waals surface area (Å²) in [5.41, 5.74) is 1.16. The zero-order valence-corrected chi connectivity index (χ0v) is 11.8. The molecule has 18 heavy (non-hydrogen) atoms. The minimum Gasteiger partial charge on any atom is -0.385 e. The topological polar surface area (TPSA) is 59.1 Å². The predicted octanol–water partition coefficient (Wildman–Crippen LogP) is 2.31. The van der Waals surface area contributed by atoms with Gasteiger partial charge in [0.15, 0.2) is 0 Å². The van der Waals surface area contributed by atoms with Gasteiger partial charge in [-0.3, -0.25) is 0 Å². The second kappa shape index (κ2) is 7.87. The number of anilines is 2. The van der Waals surface area contributed by atoms with Crippen molar-refractivity contribution < 1.29 is 4.74 Å². The number of aromatic nitrogens is 2. The first-order valence-corrected chi connectivity index (χ1v) is 6.50. The van der Waals surface area contributed by atoms with E-state index in [-0.39, 0.29) is 0 Å². The Kier molecular flexibility index (Phi) is 6.43. The van der Waals surface area contributed by atoms with Gasteiger partial charge in [0.1, 0.15) is 18.0 Å². The van der Waals surface area contributed by atoms with Crippen molar-refractivity contribution in [2.75, 3.05) is 31.4 Å². The molecule has 5 nitrogen and oxygen atoms in total. The van der Waals surface area contributed by atoms with E-state index < -0.39 is 0 Å². The third kappa shape index (κ3) is 4.14. The van der Waals surface area contributed by atoms with Gasteiger partial charge in [-0.2, -0.15) is 0 Å². The van der Waals surface area contributed by atoms with Crippen LogP contribution in [0.5, 0.6) is 0 Å². The Balaban J connectivity index is 2.79. The summed E-state index contributed by atoms with van der Waals surface area (Å²) in [5.74, 6) is 1.84. The molecule has 1 rings (SSSR count). The van der Waals surface area contributed by atoms with E-state index >= 15 is 0 Å². The number of hydrogen-bond donors (Lipinski definition) is 2. The van der Waals surface area contributed by atoms with Gasteiger partial charge in [0, 0.05) is 32.4 Å². The summed E-state index contributed by atoms with van der Waals surface area (Å²) < 4.78 is 5.09. The summed E-state index contributed by atoms with van der Waals surface area (Å²) in [6.45, 7) is 5.04. The molecule has 1 atom stereocenters. The van der Waals surface area contributed by atoms with Gasteiger partial charge in [0.05, 0.1) is 0 Å². The highest BCUT2D eigenvalue weighted by molar-refractivity contribution is 5.57. The van der Waals surface area contributed by atoms with E-state index in [2.05, 4.69) is 34.4 Å². The Bertz CT molecular complexity index is 357. The molecule has 1 unspecified atom stereocenters. The second-order valence-electron chi connectivity index (χ2n) is 4.38. The van der Waals surface area contributed by atoms with Crippen LogP contribution in [0.2, 0.25) is 0 Å². The van der Waals surface area contributed by atoms with Gasteiger partial charge >= 0.3 is 0 Å². The van der Waals surface area contributed by atoms with Gasteiger partial charge in [-0.1, -0.05) is 13.3 Å². The van der Waals surface area contributed by atoms with E-state index in [9.17, 15) is 0 Å². The first kappa shape index (κ1) is 14.7. The molecule has 1 aromatic rings. The number of hydrogen-bond acceptors (Lipinski definition) is 5. The third-order valence-electron chi connectivity index (χ3n) is 2.82. The molecule has 1 aromatic heterocycles. The molecule has 0 amide bonds. The molecule has 2 N–H and O–H groups in total. The summed E-state index contributed by atoms with van der Waals surface area (Å²) >= 11 is 0. The van der Waals surface area contributed by atoms with Crippen LogP contribution in [0, 0.1) is 0 Å². The lowest BCUT2D eigenvalue weighted by molar-refractivity contribution is 0.191. The average molecular weight is 252 g/mol. The van der Waals surface area contributed by atoms with Gasteiger partial charge in [-0.25, -0.2) is 9.97 Å². The number of rotatable bonds is 8. The normalized spacial score (nSPS) is 12.2. The Labute approximate surface area is 109 Å². The smallest absolute Gasteiger partial charge is 0.134 e. The number of methoxy groups -OCH3 is 1. The fourth-order valence-corrected chi connectivity index (χ4v) is 1.84. The lowest BCUT2D eigenvalue weighted by Gasteiger charge is -2.18. The van der Waals surface area contributed by atoms with Gasteiger partial charge in [-0.15, -0.1) is 0 Å². The van der Waals surface area contributed by atoms with Crippen LogP contribution in [-0.4, -0.2) is 36.8 Å². The Morgan fingerprint density at radius 3 is 2.67 bits per heavy atom. The molecule has 0 spiro atoms. The molecule has 0 radical (unpaired) electrons. The largest absolute Gasteiger partial charge is 0.385 e. The summed E-state index contributed by atoms with van der Waals surface area (Å²) in [5, 5.41) is 6.56. The van der Waals surface area contributed by atoms with Crippen LogP contribution in [0.4, 0.5) is 11.6 Å². The fraction of sp³-hybridized carbons (Fsp3) is 0.692. The van der Waals surface area contributed by atoms with Crippen molar-refractivity contribution in [2.24, 2.45) is 0 Å². The van der Waals surface area contributed by atoms with Crippen molar-refractivity contribution in [1.29, 1.82) is 0 Å². The molecular formula is C13H24N4O. The number of ether oxygens (including phenoxy) is 1. The highest BCUT2D eigenvalue weighted by Crippen LogP contribution is 2.22. The maximum absolute atomic E-state index is 5.09. The van der Waals surface area contributed by atoms with Gasteiger partial charge in [0.25, 0.3) is 0 Å². The van der Waals surface area contributed by atoms with Crippen molar-refractivity contribution >= 4 is 11.6 Å². The van der Waals surface area contributed by atoms with Crippen molar-refractivity contribution in [2.45, 2.75) is 39.2 Å². The van der Waals surface area contributed by atoms with E-state index in [0.717, 1.165) is 43.1 Å². The Morgan fingerprint density at radius 1 is 1.33 bits per heavy atom. The van der Waals surface area contributed by atoms with Crippen molar-refractivity contribution in [3.05, 3.63) is 11.9 Å². The van der Waals surface area contributed by atoms with Crippen LogP contribution in [0.15, 0.2) is 6.33 Å². The van der Waals surface area contributed by atoms with Crippen LogP contribution < -0.4 is 10.6 Å². The van der Waals surface area contributed by atoms with E-state index in [4.69, 9.17) is 4.74 Å². The first-order chi connectivity index (χ1) is 8.72. The first-order valence-electron chi connectivity index (χ1n) is 6.50. The molecule has 0 aliphatic rings. The molecule has 0 saturated carbocycles. The zero-order chi connectivity index (χ0) is 13.4. The molecule has 0 aromatic carbocycles. The molecule has 0 bridgehead atoms. The summed E-state index contributed by atoms with van der Waals surface area (Å²) in [6.07, 6.45) is 4.59. The fourth-order valence-electron chi connectivity index (χ4n) is 1.84. The van der Waals surface area contributed by atoms with E-state index in [0.29, 0.717) is 6.04 Å². The minimum atomic E-state index is 0.333. The minimum absolute atomic E-state index is 0.333. The molecule has 0 aliphatic heterocycles. The van der Waals surface area contributed by atoms with Crippen molar-refractivity contribution in [3.8, 4) is 0 Å². The highest BCUT2D eigenvalue weighted by atomic mass is 16.5. The summed E-state index contributed by atoms with van der Waals surface area (Å²) in [6, 6.07) is 0.333. The maximum Gasteiger partial charge on any atom is 0.134 e. The Morgan fingerprint density at radius 2 is 2.06 bits per heavy atom. The van der Waals surface area contributed by atoms with E-state index in [1.807, 2.05) is 7.05 Å². The third-order valence-corrected chi connectivity index (χ3v) is 2.82. The molecule has 1 heterocycles. The van der Waals surface area contributed by atoms with E-state index in [1.54, 1.807) is 13.4 Å². The quantitative estimate of drug-likeness (QED) is 0.743. The molecular weight excluding hydrogens is 228 g/mol. The molecule has 5 heteroatoms. The summed E-state index contributed by atoms with van der Waals surface area (Å²) in [7, 11) is 3.61. The molecule has 0 aliphatic carbocycles. The van der Waals surface area contributed by atoms with Crippen LogP contribution in [-0.2, 0) is 11.2 Å². The van der Waals surface area contributed by atoms with Gasteiger partial charge < -0.3 is 15.4 Å². The van der Waals surface area contributed by atoms with Crippen molar-refractivity contribution in [3.63, 3.8) is 0 Å². The highest BCUT2D eigenvalue weighted by Gasteiger charge is 2.11. The van der Waals surface area contributed by atoms with Gasteiger partial charge in [0.2, 0.25) is 0 Å². The standard InChI is InChI=1S/C13H24N4O/c1-5-6-11-12(14-3)15-9-16-13(11)17-10(2)7-8-18-4/h9-10H,5-8H2,1-4H3,(H2,14,15,16,17). The van der Waals surface area contributed by atoms with Crippen LogP contribution in [0.3, 0.4) is 0 Å². The SMILES string of the molecule is CCCc1c(NC)ncnc1NC(C)CCOC. The Hall–Kier alpha value is -1.36. The van der Waals surface area contributed by atoms with Crippen LogP contribution >= 0.6 is 0 Å². The van der Waals surface area contributed by atoms with Crippen LogP contribution in [0.25, 0.3) is 0 Å². The average Bonchev–Trinajstić information content (AvgIpc) is 2.38. The van der Waals surface area contributed by atoms with Gasteiger partial charge in [-0.05, 0) is 19.8 Å². The predicted molar refractivity (Wildman–Crippen MR) is 75.2 cm³/mol.